The summed E-state index contributed by atoms with van der Waals surface area (Å²) in [6.07, 6.45) is 2.97. The summed E-state index contributed by atoms with van der Waals surface area (Å²) in [5.74, 6) is 0. The van der Waals surface area contributed by atoms with Crippen LogP contribution in [0.2, 0.25) is 0 Å². The van der Waals surface area contributed by atoms with Gasteiger partial charge in [-0.1, -0.05) is 0 Å². The second kappa shape index (κ2) is 5.50. The number of urea groups is 1. The van der Waals surface area contributed by atoms with Crippen LogP contribution in [0.15, 0.2) is 0 Å². The van der Waals surface area contributed by atoms with Gasteiger partial charge in [0.1, 0.15) is 0 Å². The van der Waals surface area contributed by atoms with E-state index in [1.165, 1.54) is 0 Å². The van der Waals surface area contributed by atoms with Gasteiger partial charge in [0, 0.05) is 32.3 Å². The van der Waals surface area contributed by atoms with Crippen LogP contribution < -0.4 is 5.32 Å². The van der Waals surface area contributed by atoms with Crippen LogP contribution in [0.25, 0.3) is 0 Å². The number of aliphatic hydroxyl groups is 1. The Labute approximate surface area is 95.8 Å². The van der Waals surface area contributed by atoms with E-state index in [4.69, 9.17) is 4.74 Å². The summed E-state index contributed by atoms with van der Waals surface area (Å²) >= 11 is 0. The number of ether oxygens (including phenoxy) is 1. The van der Waals surface area contributed by atoms with Gasteiger partial charge in [0.25, 0.3) is 0 Å². The number of nitrogens with zero attached hydrogens (tertiary/aromatic N) is 1. The summed E-state index contributed by atoms with van der Waals surface area (Å²) in [5.41, 5.74) is 0. The van der Waals surface area contributed by atoms with E-state index in [1.807, 2.05) is 0 Å². The predicted molar refractivity (Wildman–Crippen MR) is 59.2 cm³/mol. The number of nitrogens with one attached hydrogen (secondary N) is 1. The van der Waals surface area contributed by atoms with Gasteiger partial charge >= 0.3 is 6.03 Å². The molecule has 0 saturated carbocycles. The fraction of sp³-hybridized carbons (Fsp3) is 0.909. The summed E-state index contributed by atoms with van der Waals surface area (Å²) in [6, 6.07) is 0.270. The Kier molecular flexibility index (Phi) is 4.01. The molecule has 0 aromatic rings. The van der Waals surface area contributed by atoms with Gasteiger partial charge in [0.05, 0.1) is 6.10 Å². The maximum absolute atomic E-state index is 11.9. The Morgan fingerprint density at radius 3 is 2.44 bits per heavy atom. The average molecular weight is 228 g/mol. The number of amides is 2. The van der Waals surface area contributed by atoms with Crippen molar-refractivity contribution in [1.82, 2.24) is 10.2 Å². The molecule has 0 aromatic carbocycles. The number of likely N-dealkylation sites (tertiary alicyclic amines) is 1. The molecule has 0 radical (unpaired) electrons. The molecule has 2 heterocycles. The van der Waals surface area contributed by atoms with Crippen molar-refractivity contribution in [2.45, 2.75) is 37.8 Å². The minimum atomic E-state index is -0.230. The van der Waals surface area contributed by atoms with E-state index in [-0.39, 0.29) is 18.2 Å². The fourth-order valence-electron chi connectivity index (χ4n) is 2.18. The van der Waals surface area contributed by atoms with Crippen LogP contribution >= 0.6 is 0 Å². The molecule has 92 valence electrons. The maximum atomic E-state index is 11.9. The normalized spacial score (nSPS) is 24.4. The van der Waals surface area contributed by atoms with Crippen LogP contribution in [0.1, 0.15) is 25.7 Å². The Bertz CT molecular complexity index is 233. The third kappa shape index (κ3) is 3.09. The van der Waals surface area contributed by atoms with Crippen LogP contribution in [0.4, 0.5) is 4.79 Å². The van der Waals surface area contributed by atoms with Crippen molar-refractivity contribution in [3.63, 3.8) is 0 Å². The number of aliphatic hydroxyl groups excluding tert-OH is 1. The Morgan fingerprint density at radius 2 is 1.81 bits per heavy atom. The lowest BCUT2D eigenvalue weighted by molar-refractivity contribution is 0.0722. The molecule has 2 amide bonds. The summed E-state index contributed by atoms with van der Waals surface area (Å²) in [6.45, 7) is 2.81. The predicted octanol–water partition coefficient (Wildman–Crippen LogP) is 0.332. The van der Waals surface area contributed by atoms with Crippen LogP contribution in [0, 0.1) is 0 Å². The molecule has 2 N–H and O–H groups in total. The highest BCUT2D eigenvalue weighted by atomic mass is 16.5. The number of rotatable bonds is 1. The first-order valence-electron chi connectivity index (χ1n) is 6.07. The number of hydrogen-bond donors (Lipinski definition) is 2. The van der Waals surface area contributed by atoms with Gasteiger partial charge in [-0.2, -0.15) is 0 Å². The van der Waals surface area contributed by atoms with Gasteiger partial charge in [-0.3, -0.25) is 0 Å². The van der Waals surface area contributed by atoms with Crippen LogP contribution in [-0.4, -0.2) is 54.5 Å². The topological polar surface area (TPSA) is 61.8 Å². The van der Waals surface area contributed by atoms with Gasteiger partial charge in [0.15, 0.2) is 0 Å². The number of carbonyl (C=O) groups excluding carboxylic acids is 1. The Morgan fingerprint density at radius 1 is 1.19 bits per heavy atom. The average Bonchev–Trinajstić information content (AvgIpc) is 2.31. The van der Waals surface area contributed by atoms with Crippen molar-refractivity contribution in [2.75, 3.05) is 26.3 Å². The molecule has 0 unspecified atom stereocenters. The molecular formula is C11H20N2O3. The highest BCUT2D eigenvalue weighted by Crippen LogP contribution is 2.11. The molecule has 5 nitrogen and oxygen atoms in total. The summed E-state index contributed by atoms with van der Waals surface area (Å²) in [4.78, 5) is 13.7. The van der Waals surface area contributed by atoms with Crippen molar-refractivity contribution >= 4 is 6.03 Å². The van der Waals surface area contributed by atoms with E-state index in [1.54, 1.807) is 4.90 Å². The molecule has 5 heteroatoms. The highest BCUT2D eigenvalue weighted by Gasteiger charge is 2.23. The lowest BCUT2D eigenvalue weighted by Crippen LogP contribution is -2.49. The molecule has 16 heavy (non-hydrogen) atoms. The SMILES string of the molecule is O=C(NC1CCOCC1)N1CCC(O)CC1. The minimum Gasteiger partial charge on any atom is -0.393 e. The zero-order valence-corrected chi connectivity index (χ0v) is 9.52. The van der Waals surface area contributed by atoms with E-state index in [2.05, 4.69) is 5.32 Å². The second-order valence-corrected chi connectivity index (χ2v) is 4.55. The van der Waals surface area contributed by atoms with Crippen molar-refractivity contribution in [1.29, 1.82) is 0 Å². The van der Waals surface area contributed by atoms with E-state index >= 15 is 0 Å². The summed E-state index contributed by atoms with van der Waals surface area (Å²) in [7, 11) is 0. The molecule has 2 saturated heterocycles. The van der Waals surface area contributed by atoms with Gasteiger partial charge < -0.3 is 20.1 Å². The monoisotopic (exact) mass is 228 g/mol. The van der Waals surface area contributed by atoms with E-state index in [0.717, 1.165) is 26.1 Å². The molecule has 2 aliphatic rings. The third-order valence-corrected chi connectivity index (χ3v) is 3.30. The van der Waals surface area contributed by atoms with E-state index < -0.39 is 0 Å². The van der Waals surface area contributed by atoms with Crippen molar-refractivity contribution in [2.24, 2.45) is 0 Å². The highest BCUT2D eigenvalue weighted by molar-refractivity contribution is 5.74. The standard InChI is InChI=1S/C11H20N2O3/c14-10-1-5-13(6-2-10)11(15)12-9-3-7-16-8-4-9/h9-10,14H,1-8H2,(H,12,15). The molecule has 0 aliphatic carbocycles. The van der Waals surface area contributed by atoms with Gasteiger partial charge in [-0.25, -0.2) is 4.79 Å². The smallest absolute Gasteiger partial charge is 0.317 e. The lowest BCUT2D eigenvalue weighted by Gasteiger charge is -2.32. The van der Waals surface area contributed by atoms with Crippen LogP contribution in [0.3, 0.4) is 0 Å². The third-order valence-electron chi connectivity index (χ3n) is 3.30. The first kappa shape index (κ1) is 11.7. The molecule has 2 rings (SSSR count). The molecule has 0 atom stereocenters. The zero-order chi connectivity index (χ0) is 11.4. The van der Waals surface area contributed by atoms with E-state index in [0.29, 0.717) is 25.9 Å². The fourth-order valence-corrected chi connectivity index (χ4v) is 2.18. The molecular weight excluding hydrogens is 208 g/mol. The van der Waals surface area contributed by atoms with Gasteiger partial charge in [-0.05, 0) is 25.7 Å². The molecule has 2 aliphatic heterocycles. The van der Waals surface area contributed by atoms with Gasteiger partial charge in [0.2, 0.25) is 0 Å². The Balaban J connectivity index is 1.74. The zero-order valence-electron chi connectivity index (χ0n) is 9.52. The van der Waals surface area contributed by atoms with Gasteiger partial charge in [-0.15, -0.1) is 0 Å². The number of piperidine rings is 1. The molecule has 0 spiro atoms. The number of hydrogen-bond acceptors (Lipinski definition) is 3. The summed E-state index contributed by atoms with van der Waals surface area (Å²) < 4.78 is 5.24. The minimum absolute atomic E-state index is 0.0128. The maximum Gasteiger partial charge on any atom is 0.317 e. The number of carbonyl (C=O) groups is 1. The summed E-state index contributed by atoms with van der Waals surface area (Å²) in [5, 5.41) is 12.4. The largest absolute Gasteiger partial charge is 0.393 e. The van der Waals surface area contributed by atoms with Crippen LogP contribution in [-0.2, 0) is 4.74 Å². The Hall–Kier alpha value is -0.810. The molecule has 0 bridgehead atoms. The molecule has 2 fully saturated rings. The van der Waals surface area contributed by atoms with E-state index in [9.17, 15) is 9.90 Å². The molecule has 0 aromatic heterocycles. The van der Waals surface area contributed by atoms with Crippen LogP contribution in [0.5, 0.6) is 0 Å². The van der Waals surface area contributed by atoms with Crippen molar-refractivity contribution in [3.05, 3.63) is 0 Å². The first-order chi connectivity index (χ1) is 7.75. The van der Waals surface area contributed by atoms with Crippen molar-refractivity contribution < 1.29 is 14.6 Å². The quantitative estimate of drug-likeness (QED) is 0.680. The first-order valence-corrected chi connectivity index (χ1v) is 6.07. The van der Waals surface area contributed by atoms with Crippen molar-refractivity contribution in [3.8, 4) is 0 Å². The lowest BCUT2D eigenvalue weighted by atomic mass is 10.1. The second-order valence-electron chi connectivity index (χ2n) is 4.55.